The molecule has 1 aromatic carbocycles. The van der Waals surface area contributed by atoms with E-state index >= 15 is 0 Å². The fraction of sp³-hybridized carbons (Fsp3) is 0.125. The molecular weight excluding hydrogens is 328 g/mol. The Kier molecular flexibility index (Phi) is 4.21. The number of oxazole rings is 1. The Balaban J connectivity index is 1.95. The smallest absolute Gasteiger partial charge is 0.427 e. The van der Waals surface area contributed by atoms with Gasteiger partial charge in [0.15, 0.2) is 5.58 Å². The van der Waals surface area contributed by atoms with E-state index in [0.717, 1.165) is 4.57 Å². The SMILES string of the molecule is COC(=O)NCc1cc(C(=O)n2c(=O)oc3cc(N)ccc32)ccn1. The number of alkyl carbamates (subject to hydrolysis) is 1. The second kappa shape index (κ2) is 6.48. The first kappa shape index (κ1) is 16.2. The third-order valence-electron chi connectivity index (χ3n) is 3.47. The van der Waals surface area contributed by atoms with Crippen molar-refractivity contribution < 1.29 is 18.7 Å². The molecule has 0 spiro atoms. The van der Waals surface area contributed by atoms with Gasteiger partial charge in [0.1, 0.15) is 0 Å². The molecule has 0 saturated heterocycles. The fourth-order valence-electron chi connectivity index (χ4n) is 2.30. The predicted molar refractivity (Wildman–Crippen MR) is 88.1 cm³/mol. The van der Waals surface area contributed by atoms with Crippen molar-refractivity contribution in [2.24, 2.45) is 0 Å². The molecular formula is C16H14N4O5. The van der Waals surface area contributed by atoms with E-state index in [1.807, 2.05) is 0 Å². The number of nitrogen functional groups attached to an aromatic ring is 1. The summed E-state index contributed by atoms with van der Waals surface area (Å²) in [6.45, 7) is 0.0748. The van der Waals surface area contributed by atoms with Gasteiger partial charge in [-0.3, -0.25) is 9.78 Å². The van der Waals surface area contributed by atoms with Crippen LogP contribution in [0.5, 0.6) is 0 Å². The highest BCUT2D eigenvalue weighted by molar-refractivity contribution is 6.00. The molecule has 3 aromatic rings. The molecule has 2 heterocycles. The van der Waals surface area contributed by atoms with Crippen molar-refractivity contribution in [1.29, 1.82) is 0 Å². The number of pyridine rings is 1. The number of methoxy groups -OCH3 is 1. The molecule has 128 valence electrons. The molecule has 3 N–H and O–H groups in total. The second-order valence-electron chi connectivity index (χ2n) is 5.12. The van der Waals surface area contributed by atoms with Crippen LogP contribution in [0.25, 0.3) is 11.1 Å². The minimum atomic E-state index is -0.809. The highest BCUT2D eigenvalue weighted by Crippen LogP contribution is 2.17. The summed E-state index contributed by atoms with van der Waals surface area (Å²) in [5.74, 6) is -1.38. The average Bonchev–Trinajstić information content (AvgIpc) is 2.94. The number of nitrogens with one attached hydrogen (secondary N) is 1. The lowest BCUT2D eigenvalue weighted by atomic mass is 10.2. The number of fused-ring (bicyclic) bond motifs is 1. The van der Waals surface area contributed by atoms with Gasteiger partial charge in [-0.1, -0.05) is 0 Å². The molecule has 0 unspecified atom stereocenters. The third-order valence-corrected chi connectivity index (χ3v) is 3.47. The standard InChI is InChI=1S/C16H14N4O5/c1-24-15(22)19-8-11-6-9(4-5-18-11)14(21)20-12-3-2-10(17)7-13(12)25-16(20)23/h2-7H,8,17H2,1H3,(H,19,22). The molecule has 25 heavy (non-hydrogen) atoms. The molecule has 0 bridgehead atoms. The van der Waals surface area contributed by atoms with Crippen molar-refractivity contribution in [2.75, 3.05) is 12.8 Å². The highest BCUT2D eigenvalue weighted by atomic mass is 16.5. The second-order valence-corrected chi connectivity index (χ2v) is 5.12. The van der Waals surface area contributed by atoms with Gasteiger partial charge in [-0.05, 0) is 24.3 Å². The summed E-state index contributed by atoms with van der Waals surface area (Å²) in [4.78, 5) is 39.9. The average molecular weight is 342 g/mol. The van der Waals surface area contributed by atoms with E-state index in [1.165, 1.54) is 37.6 Å². The van der Waals surface area contributed by atoms with Gasteiger partial charge in [0.05, 0.1) is 24.9 Å². The normalized spacial score (nSPS) is 10.6. The Labute approximate surface area is 141 Å². The number of carbonyl (C=O) groups excluding carboxylic acids is 2. The quantitative estimate of drug-likeness (QED) is 0.682. The molecule has 0 aliphatic carbocycles. The van der Waals surface area contributed by atoms with Crippen LogP contribution in [-0.4, -0.2) is 28.7 Å². The van der Waals surface area contributed by atoms with Crippen molar-refractivity contribution in [3.63, 3.8) is 0 Å². The topological polar surface area (TPSA) is 129 Å². The molecule has 3 rings (SSSR count). The predicted octanol–water partition coefficient (Wildman–Crippen LogP) is 1.12. The van der Waals surface area contributed by atoms with Crippen LogP contribution in [0.15, 0.2) is 45.7 Å². The van der Waals surface area contributed by atoms with Crippen LogP contribution in [0.3, 0.4) is 0 Å². The summed E-state index contributed by atoms with van der Waals surface area (Å²) in [6, 6.07) is 7.51. The lowest BCUT2D eigenvalue weighted by molar-refractivity contribution is 0.0956. The number of nitrogens with two attached hydrogens (primary N) is 1. The number of hydrogen-bond donors (Lipinski definition) is 2. The Morgan fingerprint density at radius 1 is 1.32 bits per heavy atom. The van der Waals surface area contributed by atoms with Crippen molar-refractivity contribution in [2.45, 2.75) is 6.54 Å². The van der Waals surface area contributed by atoms with Crippen molar-refractivity contribution in [3.8, 4) is 0 Å². The summed E-state index contributed by atoms with van der Waals surface area (Å²) in [7, 11) is 1.24. The third kappa shape index (κ3) is 3.20. The Morgan fingerprint density at radius 3 is 2.88 bits per heavy atom. The Bertz CT molecular complexity index is 1020. The van der Waals surface area contributed by atoms with Crippen molar-refractivity contribution in [3.05, 3.63) is 58.3 Å². The van der Waals surface area contributed by atoms with Gasteiger partial charge < -0.3 is 20.2 Å². The van der Waals surface area contributed by atoms with Gasteiger partial charge in [0.2, 0.25) is 0 Å². The molecule has 0 fully saturated rings. The number of benzene rings is 1. The largest absolute Gasteiger partial charge is 0.453 e. The summed E-state index contributed by atoms with van der Waals surface area (Å²) in [5, 5.41) is 2.46. The molecule has 9 heteroatoms. The molecule has 0 aliphatic heterocycles. The van der Waals surface area contributed by atoms with Crippen LogP contribution < -0.4 is 16.8 Å². The van der Waals surface area contributed by atoms with Crippen LogP contribution in [0, 0.1) is 0 Å². The summed E-state index contributed by atoms with van der Waals surface area (Å²) < 4.78 is 10.5. The van der Waals surface area contributed by atoms with Crippen LogP contribution in [-0.2, 0) is 11.3 Å². The van der Waals surface area contributed by atoms with Crippen LogP contribution >= 0.6 is 0 Å². The van der Waals surface area contributed by atoms with E-state index in [9.17, 15) is 14.4 Å². The van der Waals surface area contributed by atoms with E-state index in [0.29, 0.717) is 16.9 Å². The number of amides is 1. The zero-order chi connectivity index (χ0) is 18.0. The van der Waals surface area contributed by atoms with Crippen LogP contribution in [0.2, 0.25) is 0 Å². The van der Waals surface area contributed by atoms with Gasteiger partial charge in [-0.25, -0.2) is 14.2 Å². The van der Waals surface area contributed by atoms with Crippen molar-refractivity contribution in [1.82, 2.24) is 14.9 Å². The van der Waals surface area contributed by atoms with Crippen LogP contribution in [0.1, 0.15) is 16.1 Å². The summed E-state index contributed by atoms with van der Waals surface area (Å²) in [5.41, 5.74) is 7.26. The summed E-state index contributed by atoms with van der Waals surface area (Å²) in [6.07, 6.45) is 0.792. The lowest BCUT2D eigenvalue weighted by Crippen LogP contribution is -2.25. The maximum absolute atomic E-state index is 12.7. The maximum atomic E-state index is 12.7. The van der Waals surface area contributed by atoms with Gasteiger partial charge >= 0.3 is 11.8 Å². The van der Waals surface area contributed by atoms with Gasteiger partial charge in [-0.2, -0.15) is 0 Å². The first-order valence-corrected chi connectivity index (χ1v) is 7.22. The molecule has 9 nitrogen and oxygen atoms in total. The minimum absolute atomic E-state index is 0.0748. The number of rotatable bonds is 3. The first-order valence-electron chi connectivity index (χ1n) is 7.22. The zero-order valence-electron chi connectivity index (χ0n) is 13.2. The zero-order valence-corrected chi connectivity index (χ0v) is 13.2. The fourth-order valence-corrected chi connectivity index (χ4v) is 2.30. The van der Waals surface area contributed by atoms with E-state index < -0.39 is 17.8 Å². The van der Waals surface area contributed by atoms with E-state index in [-0.39, 0.29) is 17.7 Å². The van der Waals surface area contributed by atoms with Gasteiger partial charge in [0, 0.05) is 23.5 Å². The lowest BCUT2D eigenvalue weighted by Gasteiger charge is -2.05. The molecule has 2 aromatic heterocycles. The van der Waals surface area contributed by atoms with E-state index in [1.54, 1.807) is 6.07 Å². The first-order chi connectivity index (χ1) is 12.0. The molecule has 0 saturated carbocycles. The number of ether oxygens (including phenoxy) is 1. The number of carbonyl (C=O) groups is 2. The van der Waals surface area contributed by atoms with Gasteiger partial charge in [0.25, 0.3) is 5.91 Å². The number of nitrogens with zero attached hydrogens (tertiary/aromatic N) is 2. The molecule has 0 radical (unpaired) electrons. The molecule has 0 aliphatic rings. The monoisotopic (exact) mass is 342 g/mol. The van der Waals surface area contributed by atoms with E-state index in [2.05, 4.69) is 15.0 Å². The van der Waals surface area contributed by atoms with Crippen LogP contribution in [0.4, 0.5) is 10.5 Å². The number of anilines is 1. The minimum Gasteiger partial charge on any atom is -0.453 e. The molecule has 1 amide bonds. The molecule has 0 atom stereocenters. The Morgan fingerprint density at radius 2 is 2.12 bits per heavy atom. The van der Waals surface area contributed by atoms with Gasteiger partial charge in [-0.15, -0.1) is 0 Å². The number of aromatic nitrogens is 2. The highest BCUT2D eigenvalue weighted by Gasteiger charge is 2.18. The van der Waals surface area contributed by atoms with E-state index in [4.69, 9.17) is 10.2 Å². The van der Waals surface area contributed by atoms with Crippen molar-refractivity contribution >= 4 is 28.8 Å². The number of hydrogen-bond acceptors (Lipinski definition) is 7. The Hall–Kier alpha value is -3.62. The maximum Gasteiger partial charge on any atom is 0.427 e. The summed E-state index contributed by atoms with van der Waals surface area (Å²) >= 11 is 0.